The Bertz CT molecular complexity index is 1140. The van der Waals surface area contributed by atoms with Gasteiger partial charge in [-0.1, -0.05) is 51.1 Å². The molecule has 0 radical (unpaired) electrons. The fourth-order valence-electron chi connectivity index (χ4n) is 4.25. The molecule has 1 amide bonds. The molecule has 4 rings (SSSR count). The van der Waals surface area contributed by atoms with E-state index in [-0.39, 0.29) is 12.1 Å². The van der Waals surface area contributed by atoms with Crippen LogP contribution in [0.15, 0.2) is 54.7 Å². The Morgan fingerprint density at radius 2 is 1.91 bits per heavy atom. The molecule has 2 heterocycles. The molecule has 33 heavy (non-hydrogen) atoms. The van der Waals surface area contributed by atoms with E-state index in [4.69, 9.17) is 15.5 Å². The molecule has 174 valence electrons. The predicted octanol–water partition coefficient (Wildman–Crippen LogP) is 4.74. The van der Waals surface area contributed by atoms with Gasteiger partial charge in [0.25, 0.3) is 0 Å². The minimum Gasteiger partial charge on any atom is -0.443 e. The van der Waals surface area contributed by atoms with Crippen LogP contribution in [0.3, 0.4) is 0 Å². The Morgan fingerprint density at radius 3 is 2.55 bits per heavy atom. The number of hydrogen-bond donors (Lipinski definition) is 1. The zero-order valence-corrected chi connectivity index (χ0v) is 19.0. The quantitative estimate of drug-likeness (QED) is 0.584. The third kappa shape index (κ3) is 4.75. The van der Waals surface area contributed by atoms with E-state index >= 15 is 0 Å². The molecule has 1 aliphatic rings. The molecule has 1 fully saturated rings. The molecule has 2 aromatic carbocycles. The van der Waals surface area contributed by atoms with Crippen LogP contribution in [-0.2, 0) is 11.3 Å². The summed E-state index contributed by atoms with van der Waals surface area (Å²) < 4.78 is 35.9. The van der Waals surface area contributed by atoms with Crippen LogP contribution in [0.25, 0.3) is 11.3 Å². The van der Waals surface area contributed by atoms with Crippen molar-refractivity contribution in [3.05, 3.63) is 77.8 Å². The average molecular weight is 455 g/mol. The number of cyclic esters (lactones) is 1. The van der Waals surface area contributed by atoms with E-state index < -0.39 is 35.3 Å². The minimum atomic E-state index is -0.566. The van der Waals surface area contributed by atoms with Gasteiger partial charge in [0.05, 0.1) is 18.3 Å². The lowest BCUT2D eigenvalue weighted by Crippen LogP contribution is -2.40. The number of carbonyl (C=O) groups is 1. The van der Waals surface area contributed by atoms with E-state index in [2.05, 4.69) is 0 Å². The lowest BCUT2D eigenvalue weighted by Gasteiger charge is -2.36. The molecule has 0 spiro atoms. The van der Waals surface area contributed by atoms with Crippen LogP contribution >= 0.6 is 0 Å². The Morgan fingerprint density at radius 1 is 1.18 bits per heavy atom. The molecule has 0 aliphatic carbocycles. The first kappa shape index (κ1) is 22.9. The average Bonchev–Trinajstić information content (AvgIpc) is 3.33. The second kappa shape index (κ2) is 8.94. The maximum absolute atomic E-state index is 14.6. The smallest absolute Gasteiger partial charge is 0.410 e. The van der Waals surface area contributed by atoms with Crippen molar-refractivity contribution in [2.75, 3.05) is 13.1 Å². The number of amides is 1. The van der Waals surface area contributed by atoms with E-state index in [9.17, 15) is 13.6 Å². The Hall–Kier alpha value is -3.26. The fourth-order valence-corrected chi connectivity index (χ4v) is 4.25. The first-order valence-corrected chi connectivity index (χ1v) is 10.9. The standard InChI is InChI=1S/C25H28F2N4O2/c1-25(2,3)22(31-14-18(12-28)33-24(31)32)23-29-21(19-11-17(26)9-10-20(19)27)15-30(23)13-16-7-5-4-6-8-16/h4-11,15,18,22H,12-14,28H2,1-3H3/t18?,22-/m0/s1. The molecule has 2 atom stereocenters. The van der Waals surface area contributed by atoms with Crippen molar-refractivity contribution in [1.82, 2.24) is 14.5 Å². The second-order valence-corrected chi connectivity index (χ2v) is 9.38. The molecule has 1 aromatic heterocycles. The number of nitrogens with two attached hydrogens (primary N) is 1. The third-order valence-corrected chi connectivity index (χ3v) is 5.75. The molecule has 1 aliphatic heterocycles. The summed E-state index contributed by atoms with van der Waals surface area (Å²) in [6.07, 6.45) is 0.846. The maximum Gasteiger partial charge on any atom is 0.410 e. The number of carbonyl (C=O) groups excluding carboxylic acids is 1. The highest BCUT2D eigenvalue weighted by molar-refractivity contribution is 5.71. The number of benzene rings is 2. The zero-order valence-electron chi connectivity index (χ0n) is 19.0. The number of halogens is 2. The molecule has 8 heteroatoms. The minimum absolute atomic E-state index is 0.0690. The van der Waals surface area contributed by atoms with Crippen molar-refractivity contribution in [3.63, 3.8) is 0 Å². The first-order chi connectivity index (χ1) is 15.7. The van der Waals surface area contributed by atoms with Gasteiger partial charge in [-0.05, 0) is 29.2 Å². The molecule has 2 N–H and O–H groups in total. The van der Waals surface area contributed by atoms with Gasteiger partial charge in [-0.15, -0.1) is 0 Å². The predicted molar refractivity (Wildman–Crippen MR) is 121 cm³/mol. The SMILES string of the molecule is CC(C)(C)[C@H](c1nc(-c2cc(F)ccc2F)cn1Cc1ccccc1)N1CC(CN)OC1=O. The largest absolute Gasteiger partial charge is 0.443 e. The molecular weight excluding hydrogens is 426 g/mol. The zero-order chi connectivity index (χ0) is 23.8. The van der Waals surface area contributed by atoms with Crippen molar-refractivity contribution in [3.8, 4) is 11.3 Å². The van der Waals surface area contributed by atoms with Crippen molar-refractivity contribution in [1.29, 1.82) is 0 Å². The highest BCUT2D eigenvalue weighted by Crippen LogP contribution is 2.41. The molecular formula is C25H28F2N4O2. The number of aromatic nitrogens is 2. The van der Waals surface area contributed by atoms with Crippen LogP contribution in [0.5, 0.6) is 0 Å². The fraction of sp³-hybridized carbons (Fsp3) is 0.360. The van der Waals surface area contributed by atoms with Crippen LogP contribution in [-0.4, -0.2) is 39.7 Å². The highest BCUT2D eigenvalue weighted by Gasteiger charge is 2.44. The van der Waals surface area contributed by atoms with Gasteiger partial charge in [0.1, 0.15) is 23.6 Å². The Balaban J connectivity index is 1.85. The summed E-state index contributed by atoms with van der Waals surface area (Å²) in [6, 6.07) is 12.6. The van der Waals surface area contributed by atoms with E-state index in [1.807, 2.05) is 55.7 Å². The topological polar surface area (TPSA) is 73.4 Å². The van der Waals surface area contributed by atoms with Crippen molar-refractivity contribution in [2.24, 2.45) is 11.1 Å². The van der Waals surface area contributed by atoms with E-state index in [0.717, 1.165) is 23.8 Å². The van der Waals surface area contributed by atoms with Crippen LogP contribution in [0.4, 0.5) is 13.6 Å². The monoisotopic (exact) mass is 454 g/mol. The molecule has 1 unspecified atom stereocenters. The van der Waals surface area contributed by atoms with Crippen LogP contribution < -0.4 is 5.73 Å². The molecule has 6 nitrogen and oxygen atoms in total. The van der Waals surface area contributed by atoms with Gasteiger partial charge >= 0.3 is 6.09 Å². The first-order valence-electron chi connectivity index (χ1n) is 10.9. The molecule has 3 aromatic rings. The summed E-state index contributed by atoms with van der Waals surface area (Å²) >= 11 is 0. The lowest BCUT2D eigenvalue weighted by molar-refractivity contribution is 0.104. The number of hydrogen-bond acceptors (Lipinski definition) is 4. The normalized spacial score (nSPS) is 17.3. The Kier molecular flexibility index (Phi) is 6.21. The number of rotatable bonds is 6. The van der Waals surface area contributed by atoms with Crippen molar-refractivity contribution in [2.45, 2.75) is 39.5 Å². The summed E-state index contributed by atoms with van der Waals surface area (Å²) in [5, 5.41) is 0. The molecule has 0 saturated carbocycles. The van der Waals surface area contributed by atoms with Gasteiger partial charge in [0.2, 0.25) is 0 Å². The highest BCUT2D eigenvalue weighted by atomic mass is 19.1. The van der Waals surface area contributed by atoms with Crippen LogP contribution in [0.1, 0.15) is 38.2 Å². The maximum atomic E-state index is 14.6. The summed E-state index contributed by atoms with van der Waals surface area (Å²) in [6.45, 7) is 7.02. The summed E-state index contributed by atoms with van der Waals surface area (Å²) in [7, 11) is 0. The van der Waals surface area contributed by atoms with Gasteiger partial charge in [-0.25, -0.2) is 18.6 Å². The summed E-state index contributed by atoms with van der Waals surface area (Å²) in [4.78, 5) is 19.1. The second-order valence-electron chi connectivity index (χ2n) is 9.38. The van der Waals surface area contributed by atoms with Gasteiger partial charge in [0, 0.05) is 24.8 Å². The van der Waals surface area contributed by atoms with Crippen LogP contribution in [0, 0.1) is 17.0 Å². The molecule has 0 bridgehead atoms. The number of ether oxygens (including phenoxy) is 1. The van der Waals surface area contributed by atoms with E-state index in [1.54, 1.807) is 11.1 Å². The number of imidazole rings is 1. The molecule has 1 saturated heterocycles. The van der Waals surface area contributed by atoms with Gasteiger partial charge < -0.3 is 15.0 Å². The van der Waals surface area contributed by atoms with Crippen molar-refractivity contribution >= 4 is 6.09 Å². The van der Waals surface area contributed by atoms with Gasteiger partial charge in [-0.2, -0.15) is 0 Å². The van der Waals surface area contributed by atoms with Gasteiger partial charge in [0.15, 0.2) is 0 Å². The summed E-state index contributed by atoms with van der Waals surface area (Å²) in [5.41, 5.74) is 6.70. The van der Waals surface area contributed by atoms with Gasteiger partial charge in [-0.3, -0.25) is 4.90 Å². The van der Waals surface area contributed by atoms with E-state index in [0.29, 0.717) is 24.6 Å². The Labute approximate surface area is 192 Å². The van der Waals surface area contributed by atoms with E-state index in [1.165, 1.54) is 0 Å². The van der Waals surface area contributed by atoms with Crippen LogP contribution in [0.2, 0.25) is 0 Å². The summed E-state index contributed by atoms with van der Waals surface area (Å²) in [5.74, 6) is -0.546. The third-order valence-electron chi connectivity index (χ3n) is 5.75. The van der Waals surface area contributed by atoms with Crippen molar-refractivity contribution < 1.29 is 18.3 Å². The lowest BCUT2D eigenvalue weighted by atomic mass is 9.85. The number of nitrogens with zero attached hydrogens (tertiary/aromatic N) is 3.